The highest BCUT2D eigenvalue weighted by Gasteiger charge is 2.34. The van der Waals surface area contributed by atoms with Crippen molar-refractivity contribution in [3.8, 4) is 11.8 Å². The molecule has 1 aromatic carbocycles. The smallest absolute Gasteiger partial charge is 0.257 e. The Morgan fingerprint density at radius 1 is 1.06 bits per heavy atom. The van der Waals surface area contributed by atoms with E-state index in [0.29, 0.717) is 24.3 Å². The molecule has 34 heavy (non-hydrogen) atoms. The number of methoxy groups -OCH3 is 2. The highest BCUT2D eigenvalue weighted by molar-refractivity contribution is 5.97. The van der Waals surface area contributed by atoms with Crippen LogP contribution in [0.4, 0.5) is 0 Å². The number of fused-ring (bicyclic) bond motifs is 3. The van der Waals surface area contributed by atoms with E-state index in [2.05, 4.69) is 6.07 Å². The topological polar surface area (TPSA) is 101 Å². The molecule has 0 spiro atoms. The number of carbonyl (C=O) groups excluding carboxylic acids is 2. The molecule has 9 nitrogen and oxygen atoms in total. The summed E-state index contributed by atoms with van der Waals surface area (Å²) >= 11 is 0. The minimum absolute atomic E-state index is 0.0233. The molecule has 1 fully saturated rings. The molecule has 0 aliphatic carbocycles. The molecule has 2 aliphatic rings. The summed E-state index contributed by atoms with van der Waals surface area (Å²) in [5.41, 5.74) is 0.636. The zero-order valence-corrected chi connectivity index (χ0v) is 20.7. The van der Waals surface area contributed by atoms with Crippen LogP contribution in [0.25, 0.3) is 0 Å². The van der Waals surface area contributed by atoms with Crippen molar-refractivity contribution in [2.45, 2.75) is 50.6 Å². The number of hydrogen-bond donors (Lipinski definition) is 0. The number of benzene rings is 1. The molecule has 2 aliphatic heterocycles. The Morgan fingerprint density at radius 2 is 1.79 bits per heavy atom. The van der Waals surface area contributed by atoms with Gasteiger partial charge in [0.2, 0.25) is 5.91 Å². The Bertz CT molecular complexity index is 916. The van der Waals surface area contributed by atoms with E-state index in [4.69, 9.17) is 18.9 Å². The molecule has 0 N–H and O–H groups in total. The van der Waals surface area contributed by atoms with Gasteiger partial charge in [-0.1, -0.05) is 6.92 Å². The van der Waals surface area contributed by atoms with Gasteiger partial charge >= 0.3 is 0 Å². The van der Waals surface area contributed by atoms with Gasteiger partial charge in [-0.15, -0.1) is 0 Å². The van der Waals surface area contributed by atoms with Crippen LogP contribution >= 0.6 is 0 Å². The molecule has 2 amide bonds. The molecule has 0 aromatic heterocycles. The van der Waals surface area contributed by atoms with Crippen LogP contribution in [0.15, 0.2) is 18.2 Å². The molecule has 0 saturated carbocycles. The van der Waals surface area contributed by atoms with Crippen molar-refractivity contribution in [2.24, 2.45) is 5.92 Å². The van der Waals surface area contributed by atoms with Crippen molar-refractivity contribution in [3.63, 3.8) is 0 Å². The Hall–Kier alpha value is -2.67. The van der Waals surface area contributed by atoms with Crippen LogP contribution < -0.4 is 4.74 Å². The molecular formula is C25H35N3O6. The summed E-state index contributed by atoms with van der Waals surface area (Å²) in [7, 11) is 6.62. The number of nitrogens with zero attached hydrogens (tertiary/aromatic N) is 3. The van der Waals surface area contributed by atoms with Crippen LogP contribution in [0.2, 0.25) is 0 Å². The number of hydrogen-bond acceptors (Lipinski definition) is 7. The minimum Gasteiger partial charge on any atom is -0.490 e. The summed E-state index contributed by atoms with van der Waals surface area (Å²) in [6.07, 6.45) is 1.40. The Balaban J connectivity index is 1.96. The van der Waals surface area contributed by atoms with Gasteiger partial charge in [-0.2, -0.15) is 5.26 Å². The Morgan fingerprint density at radius 3 is 2.47 bits per heavy atom. The second kappa shape index (κ2) is 11.6. The van der Waals surface area contributed by atoms with E-state index in [0.717, 1.165) is 12.8 Å². The van der Waals surface area contributed by atoms with Crippen LogP contribution in [-0.4, -0.2) is 94.0 Å². The lowest BCUT2D eigenvalue weighted by atomic mass is 9.98. The number of rotatable bonds is 2. The third kappa shape index (κ3) is 5.87. The van der Waals surface area contributed by atoms with Gasteiger partial charge < -0.3 is 28.7 Å². The van der Waals surface area contributed by atoms with Gasteiger partial charge in [0, 0.05) is 41.4 Å². The highest BCUT2D eigenvalue weighted by atomic mass is 16.6. The molecule has 3 rings (SSSR count). The fourth-order valence-electron chi connectivity index (χ4n) is 4.58. The first-order chi connectivity index (χ1) is 16.3. The van der Waals surface area contributed by atoms with Gasteiger partial charge in [-0.3, -0.25) is 9.59 Å². The van der Waals surface area contributed by atoms with Crippen LogP contribution in [0.3, 0.4) is 0 Å². The number of carbonyl (C=O) groups is 2. The van der Waals surface area contributed by atoms with Gasteiger partial charge in [0.1, 0.15) is 18.5 Å². The first-order valence-corrected chi connectivity index (χ1v) is 11.7. The summed E-state index contributed by atoms with van der Waals surface area (Å²) in [4.78, 5) is 29.7. The normalized spacial score (nSPS) is 29.2. The predicted octanol–water partition coefficient (Wildman–Crippen LogP) is 2.08. The highest BCUT2D eigenvalue weighted by Crippen LogP contribution is 2.28. The lowest BCUT2D eigenvalue weighted by molar-refractivity contribution is -0.147. The largest absolute Gasteiger partial charge is 0.490 e. The first kappa shape index (κ1) is 25.9. The fourth-order valence-corrected chi connectivity index (χ4v) is 4.58. The van der Waals surface area contributed by atoms with Gasteiger partial charge in [0.15, 0.2) is 0 Å². The second-order valence-corrected chi connectivity index (χ2v) is 9.08. The lowest BCUT2D eigenvalue weighted by Gasteiger charge is -2.37. The molecule has 0 unspecified atom stereocenters. The van der Waals surface area contributed by atoms with Gasteiger partial charge in [-0.05, 0) is 37.5 Å². The van der Waals surface area contributed by atoms with E-state index in [9.17, 15) is 14.9 Å². The standard InChI is InChI=1S/C25H35N3O6/c1-16-22(32-5)14-28(3)25(30)19-12-17(13-26)6-8-20(19)33-15-23-21(31-4)9-7-18(34-23)10-11-27(2)24(16)29/h6,8,12,16,18,21-23H,7,9-11,14-15H2,1-5H3/t16-,18-,21-,22+,23-/m0/s1. The van der Waals surface area contributed by atoms with Crippen LogP contribution in [0.1, 0.15) is 42.1 Å². The zero-order valence-electron chi connectivity index (χ0n) is 20.7. The van der Waals surface area contributed by atoms with Crippen molar-refractivity contribution in [3.05, 3.63) is 29.3 Å². The third-order valence-electron chi connectivity index (χ3n) is 6.81. The number of ether oxygens (including phenoxy) is 4. The summed E-state index contributed by atoms with van der Waals surface area (Å²) in [5.74, 6) is -0.434. The summed E-state index contributed by atoms with van der Waals surface area (Å²) in [6.45, 7) is 2.80. The maximum absolute atomic E-state index is 13.4. The van der Waals surface area contributed by atoms with E-state index < -0.39 is 12.0 Å². The van der Waals surface area contributed by atoms with Crippen molar-refractivity contribution in [2.75, 3.05) is 48.0 Å². The Kier molecular flexibility index (Phi) is 8.89. The molecule has 186 valence electrons. The summed E-state index contributed by atoms with van der Waals surface area (Å²) in [6, 6.07) is 6.86. The molecule has 9 heteroatoms. The minimum atomic E-state index is -0.488. The molecule has 5 atom stereocenters. The monoisotopic (exact) mass is 473 g/mol. The van der Waals surface area contributed by atoms with Crippen molar-refractivity contribution >= 4 is 11.8 Å². The van der Waals surface area contributed by atoms with E-state index >= 15 is 0 Å². The molecule has 2 bridgehead atoms. The van der Waals surface area contributed by atoms with E-state index in [1.807, 2.05) is 6.92 Å². The Labute approximate surface area is 201 Å². The van der Waals surface area contributed by atoms with Crippen molar-refractivity contribution < 1.29 is 28.5 Å². The SMILES string of the molecule is CO[C@H]1CC[C@H]2CCN(C)C(=O)[C@@H](C)[C@H](OC)CN(C)C(=O)c3cc(C#N)ccc3OC[C@@H]1O2. The van der Waals surface area contributed by atoms with Crippen LogP contribution in [-0.2, 0) is 19.0 Å². The maximum atomic E-state index is 13.4. The molecular weight excluding hydrogens is 438 g/mol. The van der Waals surface area contributed by atoms with Crippen molar-refractivity contribution in [1.82, 2.24) is 9.80 Å². The average Bonchev–Trinajstić information content (AvgIpc) is 2.86. The number of likely N-dealkylation sites (N-methyl/N-ethyl adjacent to an activating group) is 1. The van der Waals surface area contributed by atoms with E-state index in [-0.39, 0.29) is 48.8 Å². The second-order valence-electron chi connectivity index (χ2n) is 9.08. The predicted molar refractivity (Wildman–Crippen MR) is 125 cm³/mol. The van der Waals surface area contributed by atoms with Gasteiger partial charge in [-0.25, -0.2) is 0 Å². The third-order valence-corrected chi connectivity index (χ3v) is 6.81. The molecule has 1 aromatic rings. The number of amides is 2. The summed E-state index contributed by atoms with van der Waals surface area (Å²) in [5, 5.41) is 9.36. The lowest BCUT2D eigenvalue weighted by Crippen LogP contribution is -2.47. The quantitative estimate of drug-likeness (QED) is 0.648. The van der Waals surface area contributed by atoms with E-state index in [1.54, 1.807) is 38.2 Å². The molecule has 2 heterocycles. The van der Waals surface area contributed by atoms with Crippen molar-refractivity contribution in [1.29, 1.82) is 5.26 Å². The zero-order chi connectivity index (χ0) is 24.8. The van der Waals surface area contributed by atoms with Gasteiger partial charge in [0.25, 0.3) is 5.91 Å². The maximum Gasteiger partial charge on any atom is 0.257 e. The van der Waals surface area contributed by atoms with Crippen LogP contribution in [0.5, 0.6) is 5.75 Å². The van der Waals surface area contributed by atoms with Gasteiger partial charge in [0.05, 0.1) is 41.4 Å². The fraction of sp³-hybridized carbons (Fsp3) is 0.640. The summed E-state index contributed by atoms with van der Waals surface area (Å²) < 4.78 is 23.6. The first-order valence-electron chi connectivity index (χ1n) is 11.7. The van der Waals surface area contributed by atoms with Crippen LogP contribution in [0, 0.1) is 17.2 Å². The molecule has 1 saturated heterocycles. The molecule has 0 radical (unpaired) electrons. The number of nitriles is 1. The van der Waals surface area contributed by atoms with E-state index in [1.165, 1.54) is 18.1 Å². The average molecular weight is 474 g/mol.